The van der Waals surface area contributed by atoms with E-state index in [1.807, 2.05) is 5.38 Å². The van der Waals surface area contributed by atoms with E-state index >= 15 is 0 Å². The van der Waals surface area contributed by atoms with Crippen molar-refractivity contribution in [1.29, 1.82) is 0 Å². The van der Waals surface area contributed by atoms with Crippen LogP contribution in [-0.2, 0) is 6.61 Å². The summed E-state index contributed by atoms with van der Waals surface area (Å²) in [6.45, 7) is 1.44. The highest BCUT2D eigenvalue weighted by molar-refractivity contribution is 7.07. The molecule has 0 radical (unpaired) electrons. The molecule has 2 aromatic rings. The van der Waals surface area contributed by atoms with Crippen LogP contribution in [0.3, 0.4) is 0 Å². The number of methoxy groups -OCH3 is 1. The Morgan fingerprint density at radius 3 is 2.55 bits per heavy atom. The van der Waals surface area contributed by atoms with Crippen LogP contribution in [0.5, 0.6) is 11.5 Å². The van der Waals surface area contributed by atoms with Gasteiger partial charge < -0.3 is 14.4 Å². The molecule has 1 aromatic carbocycles. The first-order valence-corrected chi connectivity index (χ1v) is 11.6. The molecule has 2 fully saturated rings. The van der Waals surface area contributed by atoms with E-state index in [1.54, 1.807) is 10.4 Å². The quantitative estimate of drug-likeness (QED) is 0.467. The maximum Gasteiger partial charge on any atom is 0.286 e. The van der Waals surface area contributed by atoms with E-state index in [0.717, 1.165) is 18.5 Å². The number of piperidine rings is 1. The van der Waals surface area contributed by atoms with E-state index in [1.165, 1.54) is 62.7 Å². The monoisotopic (exact) mass is 445 g/mol. The number of benzene rings is 1. The lowest BCUT2D eigenvalue weighted by molar-refractivity contribution is -0.385. The number of hydrogen-bond donors (Lipinski definition) is 0. The fourth-order valence-electron chi connectivity index (χ4n) is 4.76. The summed E-state index contributed by atoms with van der Waals surface area (Å²) in [6, 6.07) is 2.72. The number of carbonyl (C=O) groups is 1. The Kier molecular flexibility index (Phi) is 6.41. The highest BCUT2D eigenvalue weighted by Crippen LogP contribution is 2.45. The zero-order valence-electron chi connectivity index (χ0n) is 17.7. The summed E-state index contributed by atoms with van der Waals surface area (Å²) in [7, 11) is 1.46. The van der Waals surface area contributed by atoms with Crippen LogP contribution in [0.25, 0.3) is 0 Å². The summed E-state index contributed by atoms with van der Waals surface area (Å²) < 4.78 is 11.1. The molecule has 2 heterocycles. The molecule has 0 bridgehead atoms. The predicted molar refractivity (Wildman–Crippen MR) is 117 cm³/mol. The van der Waals surface area contributed by atoms with Gasteiger partial charge in [-0.15, -0.1) is 11.3 Å². The summed E-state index contributed by atoms with van der Waals surface area (Å²) in [5, 5.41) is 13.6. The third-order valence-electron chi connectivity index (χ3n) is 6.59. The number of carbonyl (C=O) groups excluding carboxylic acids is 1. The van der Waals surface area contributed by atoms with E-state index in [0.29, 0.717) is 24.3 Å². The first-order chi connectivity index (χ1) is 15.0. The molecule has 9 heteroatoms. The van der Waals surface area contributed by atoms with E-state index in [9.17, 15) is 14.9 Å². The number of ether oxygens (including phenoxy) is 2. The van der Waals surface area contributed by atoms with Crippen molar-refractivity contribution in [1.82, 2.24) is 9.88 Å². The summed E-state index contributed by atoms with van der Waals surface area (Å²) in [6.07, 6.45) is 8.23. The van der Waals surface area contributed by atoms with Gasteiger partial charge >= 0.3 is 0 Å². The maximum atomic E-state index is 13.2. The van der Waals surface area contributed by atoms with Crippen molar-refractivity contribution in [2.45, 2.75) is 51.6 Å². The maximum absolute atomic E-state index is 13.2. The number of hydrogen-bond acceptors (Lipinski definition) is 7. The van der Waals surface area contributed by atoms with Crippen molar-refractivity contribution in [3.05, 3.63) is 44.4 Å². The van der Waals surface area contributed by atoms with E-state index in [4.69, 9.17) is 9.47 Å². The van der Waals surface area contributed by atoms with Crippen molar-refractivity contribution < 1.29 is 19.2 Å². The van der Waals surface area contributed by atoms with E-state index < -0.39 is 4.92 Å². The molecule has 1 amide bonds. The standard InChI is InChI=1S/C22H27N3O5S/c1-29-19-11-17(18(25(27)28)12-20(19)30-13-16-14-31-15-23-16)21(26)24-9-7-22(8-10-24)5-3-2-4-6-22/h11-12,14-15H,2-10,13H2,1H3. The molecular weight excluding hydrogens is 418 g/mol. The predicted octanol–water partition coefficient (Wildman–Crippen LogP) is 4.83. The molecular formula is C22H27N3O5S. The average molecular weight is 446 g/mol. The van der Waals surface area contributed by atoms with Crippen LogP contribution in [-0.4, -0.2) is 40.9 Å². The van der Waals surface area contributed by atoms with Gasteiger partial charge in [-0.05, 0) is 31.1 Å². The van der Waals surface area contributed by atoms with Gasteiger partial charge in [-0.3, -0.25) is 14.9 Å². The third-order valence-corrected chi connectivity index (χ3v) is 7.23. The molecule has 1 aromatic heterocycles. The Bertz CT molecular complexity index is 931. The summed E-state index contributed by atoms with van der Waals surface area (Å²) in [5.74, 6) is 0.199. The van der Waals surface area contributed by atoms with Gasteiger partial charge in [-0.2, -0.15) is 0 Å². The van der Waals surface area contributed by atoms with Crippen LogP contribution in [0, 0.1) is 15.5 Å². The number of likely N-dealkylation sites (tertiary alicyclic amines) is 1. The van der Waals surface area contributed by atoms with Gasteiger partial charge in [0.15, 0.2) is 11.5 Å². The van der Waals surface area contributed by atoms with Crippen LogP contribution < -0.4 is 9.47 Å². The minimum atomic E-state index is -0.533. The molecule has 8 nitrogen and oxygen atoms in total. The molecule has 1 saturated heterocycles. The van der Waals surface area contributed by atoms with Gasteiger partial charge in [0.2, 0.25) is 0 Å². The molecule has 4 rings (SSSR count). The molecule has 1 aliphatic carbocycles. The number of amides is 1. The second kappa shape index (κ2) is 9.21. The minimum Gasteiger partial charge on any atom is -0.493 e. The number of rotatable bonds is 6. The van der Waals surface area contributed by atoms with Crippen LogP contribution in [0.1, 0.15) is 61.0 Å². The lowest BCUT2D eigenvalue weighted by Crippen LogP contribution is -2.44. The lowest BCUT2D eigenvalue weighted by Gasteiger charge is -2.44. The summed E-state index contributed by atoms with van der Waals surface area (Å²) in [5.41, 5.74) is 2.54. The molecule has 166 valence electrons. The normalized spacial score (nSPS) is 18.0. The van der Waals surface area contributed by atoms with E-state index in [-0.39, 0.29) is 29.5 Å². The number of thiazole rings is 1. The Labute approximate surface area is 185 Å². The SMILES string of the molecule is COc1cc(C(=O)N2CCC3(CCCCC3)CC2)c([N+](=O)[O-])cc1OCc1cscn1. The van der Waals surface area contributed by atoms with Crippen molar-refractivity contribution in [3.8, 4) is 11.5 Å². The highest BCUT2D eigenvalue weighted by atomic mass is 32.1. The van der Waals surface area contributed by atoms with Gasteiger partial charge in [0.1, 0.15) is 12.2 Å². The Morgan fingerprint density at radius 2 is 1.94 bits per heavy atom. The zero-order valence-corrected chi connectivity index (χ0v) is 18.5. The van der Waals surface area contributed by atoms with Gasteiger partial charge in [0, 0.05) is 24.5 Å². The molecule has 2 aliphatic rings. The van der Waals surface area contributed by atoms with Crippen molar-refractivity contribution in [2.24, 2.45) is 5.41 Å². The topological polar surface area (TPSA) is 94.8 Å². The van der Waals surface area contributed by atoms with Gasteiger partial charge in [0.25, 0.3) is 11.6 Å². The lowest BCUT2D eigenvalue weighted by atomic mass is 9.68. The molecule has 0 unspecified atom stereocenters. The van der Waals surface area contributed by atoms with Gasteiger partial charge in [0.05, 0.1) is 29.3 Å². The molecule has 31 heavy (non-hydrogen) atoms. The second-order valence-corrected chi connectivity index (χ2v) is 9.12. The van der Waals surface area contributed by atoms with E-state index in [2.05, 4.69) is 4.98 Å². The Morgan fingerprint density at radius 1 is 1.19 bits per heavy atom. The largest absolute Gasteiger partial charge is 0.493 e. The smallest absolute Gasteiger partial charge is 0.286 e. The highest BCUT2D eigenvalue weighted by Gasteiger charge is 2.38. The first-order valence-electron chi connectivity index (χ1n) is 10.7. The minimum absolute atomic E-state index is 0.0439. The van der Waals surface area contributed by atoms with Gasteiger partial charge in [-0.25, -0.2) is 4.98 Å². The fraction of sp³-hybridized carbons (Fsp3) is 0.545. The number of aromatic nitrogens is 1. The Hall–Kier alpha value is -2.68. The first kappa shape index (κ1) is 21.5. The van der Waals surface area contributed by atoms with Crippen molar-refractivity contribution in [2.75, 3.05) is 20.2 Å². The molecule has 0 N–H and O–H groups in total. The van der Waals surface area contributed by atoms with Crippen LogP contribution in [0.15, 0.2) is 23.0 Å². The average Bonchev–Trinajstić information content (AvgIpc) is 3.31. The number of nitro benzene ring substituents is 1. The molecule has 1 saturated carbocycles. The zero-order chi connectivity index (χ0) is 21.8. The molecule has 1 aliphatic heterocycles. The summed E-state index contributed by atoms with van der Waals surface area (Å²) in [4.78, 5) is 30.4. The Balaban J connectivity index is 1.53. The van der Waals surface area contributed by atoms with Crippen molar-refractivity contribution >= 4 is 22.9 Å². The van der Waals surface area contributed by atoms with Crippen LogP contribution in [0.2, 0.25) is 0 Å². The fourth-order valence-corrected chi connectivity index (χ4v) is 5.30. The summed E-state index contributed by atoms with van der Waals surface area (Å²) >= 11 is 1.44. The second-order valence-electron chi connectivity index (χ2n) is 8.40. The van der Waals surface area contributed by atoms with Gasteiger partial charge in [-0.1, -0.05) is 19.3 Å². The van der Waals surface area contributed by atoms with Crippen LogP contribution >= 0.6 is 11.3 Å². The number of nitro groups is 1. The molecule has 1 spiro atoms. The van der Waals surface area contributed by atoms with Crippen LogP contribution in [0.4, 0.5) is 5.69 Å². The third kappa shape index (κ3) is 4.66. The number of nitrogens with zero attached hydrogens (tertiary/aromatic N) is 3. The van der Waals surface area contributed by atoms with Crippen molar-refractivity contribution in [3.63, 3.8) is 0 Å². The molecule has 0 atom stereocenters.